The minimum absolute atomic E-state index is 0.00863. The van der Waals surface area contributed by atoms with Crippen LogP contribution < -0.4 is 10.2 Å². The number of esters is 3. The van der Waals surface area contributed by atoms with Crippen LogP contribution in [0.2, 0.25) is 0 Å². The highest BCUT2D eigenvalue weighted by Gasteiger charge is 2.49. The number of methoxy groups -OCH3 is 2. The van der Waals surface area contributed by atoms with Crippen molar-refractivity contribution < 1.29 is 57.9 Å². The number of rotatable bonds is 19. The van der Waals surface area contributed by atoms with Crippen molar-refractivity contribution in [3.05, 3.63) is 23.8 Å². The normalized spacial score (nSPS) is 14.2. The molecule has 0 radical (unpaired) electrons. The van der Waals surface area contributed by atoms with Gasteiger partial charge in [0, 0.05) is 20.3 Å². The van der Waals surface area contributed by atoms with E-state index < -0.39 is 45.8 Å². The topological polar surface area (TPSA) is 176 Å². The first-order valence-electron chi connectivity index (χ1n) is 13.6. The van der Waals surface area contributed by atoms with Gasteiger partial charge >= 0.3 is 17.9 Å². The number of hydrogen-bond acceptors (Lipinski definition) is 12. The quantitative estimate of drug-likeness (QED) is 0.0698. The molecule has 0 aliphatic heterocycles. The average molecular weight is 600 g/mol. The molecule has 0 aliphatic carbocycles. The predicted molar refractivity (Wildman–Crippen MR) is 149 cm³/mol. The molecule has 0 aromatic heterocycles. The zero-order valence-corrected chi connectivity index (χ0v) is 25.6. The summed E-state index contributed by atoms with van der Waals surface area (Å²) in [5, 5.41) is 18.6. The van der Waals surface area contributed by atoms with Crippen molar-refractivity contribution in [3.63, 3.8) is 0 Å². The Balaban J connectivity index is 2.97. The van der Waals surface area contributed by atoms with Crippen LogP contribution in [0.5, 0.6) is 11.5 Å². The lowest BCUT2D eigenvalue weighted by Crippen LogP contribution is -2.44. The Labute approximate surface area is 246 Å². The molecule has 0 bridgehead atoms. The highest BCUT2D eigenvalue weighted by Crippen LogP contribution is 2.45. The number of nitrogens with one attached hydrogen (secondary N) is 1. The van der Waals surface area contributed by atoms with Crippen LogP contribution in [-0.2, 0) is 38.1 Å². The molecule has 238 valence electrons. The molecule has 0 spiro atoms. The number of aromatic hydroxyl groups is 1. The summed E-state index contributed by atoms with van der Waals surface area (Å²) in [5.41, 5.74) is -2.20. The lowest BCUT2D eigenvalue weighted by Gasteiger charge is -2.39. The second kappa shape index (κ2) is 16.9. The van der Waals surface area contributed by atoms with Gasteiger partial charge in [0.2, 0.25) is 0 Å². The number of phenols is 1. The fraction of sp³-hybridized carbons (Fsp3) is 0.655. The summed E-state index contributed by atoms with van der Waals surface area (Å²) in [4.78, 5) is 51.0. The summed E-state index contributed by atoms with van der Waals surface area (Å²) >= 11 is 0. The Bertz CT molecular complexity index is 1060. The lowest BCUT2D eigenvalue weighted by molar-refractivity contribution is -0.170. The van der Waals surface area contributed by atoms with Gasteiger partial charge in [0.05, 0.1) is 35.0 Å². The Hall–Kier alpha value is -3.42. The van der Waals surface area contributed by atoms with Gasteiger partial charge in [-0.1, -0.05) is 6.92 Å². The summed E-state index contributed by atoms with van der Waals surface area (Å²) < 4.78 is 31.7. The van der Waals surface area contributed by atoms with Crippen LogP contribution in [0.4, 0.5) is 0 Å². The van der Waals surface area contributed by atoms with Gasteiger partial charge in [-0.2, -0.15) is 0 Å². The zero-order chi connectivity index (χ0) is 32.0. The molecule has 0 aliphatic rings. The second-order valence-electron chi connectivity index (χ2n) is 11.1. The van der Waals surface area contributed by atoms with Crippen LogP contribution in [-0.4, -0.2) is 88.0 Å². The summed E-state index contributed by atoms with van der Waals surface area (Å²) in [6, 6.07) is 3.85. The molecule has 0 heterocycles. The molecule has 0 saturated heterocycles. The van der Waals surface area contributed by atoms with E-state index in [4.69, 9.17) is 33.6 Å². The van der Waals surface area contributed by atoms with Gasteiger partial charge in [-0.15, -0.1) is 0 Å². The van der Waals surface area contributed by atoms with Crippen LogP contribution in [0.15, 0.2) is 18.2 Å². The van der Waals surface area contributed by atoms with E-state index in [2.05, 4.69) is 0 Å². The van der Waals surface area contributed by atoms with Gasteiger partial charge in [-0.05, 0) is 59.1 Å². The Morgan fingerprint density at radius 3 is 1.79 bits per heavy atom. The Kier molecular flexibility index (Phi) is 14.7. The van der Waals surface area contributed by atoms with Crippen LogP contribution in [0, 0.1) is 16.2 Å². The maximum absolute atomic E-state index is 13.4. The molecular weight excluding hydrogens is 554 g/mol. The number of carbonyl (C=O) groups is 4. The molecule has 1 aromatic carbocycles. The van der Waals surface area contributed by atoms with Crippen molar-refractivity contribution in [2.75, 3.05) is 53.9 Å². The second-order valence-corrected chi connectivity index (χ2v) is 11.1. The van der Waals surface area contributed by atoms with Crippen LogP contribution in [0.25, 0.3) is 0 Å². The number of hydroxylamine groups is 1. The molecule has 1 aromatic rings. The Morgan fingerprint density at radius 2 is 1.29 bits per heavy atom. The van der Waals surface area contributed by atoms with Crippen molar-refractivity contribution in [2.24, 2.45) is 16.2 Å². The van der Waals surface area contributed by atoms with E-state index in [9.17, 15) is 24.3 Å². The van der Waals surface area contributed by atoms with Gasteiger partial charge in [0.15, 0.2) is 0 Å². The third-order valence-corrected chi connectivity index (χ3v) is 6.87. The van der Waals surface area contributed by atoms with Gasteiger partial charge in [0.1, 0.15) is 37.9 Å². The third-order valence-electron chi connectivity index (χ3n) is 6.87. The number of phenolic OH excluding ortho intramolecular Hbond substituents is 1. The van der Waals surface area contributed by atoms with Gasteiger partial charge < -0.3 is 33.5 Å². The van der Waals surface area contributed by atoms with E-state index in [0.717, 1.165) is 0 Å². The van der Waals surface area contributed by atoms with Crippen LogP contribution in [0.3, 0.4) is 0 Å². The zero-order valence-electron chi connectivity index (χ0n) is 25.6. The highest BCUT2D eigenvalue weighted by molar-refractivity contribution is 5.96. The number of carbonyl (C=O) groups excluding carboxylic acids is 4. The van der Waals surface area contributed by atoms with E-state index in [1.807, 2.05) is 6.92 Å². The van der Waals surface area contributed by atoms with Gasteiger partial charge in [-0.3, -0.25) is 24.4 Å². The van der Waals surface area contributed by atoms with E-state index in [-0.39, 0.29) is 63.8 Å². The molecule has 2 unspecified atom stereocenters. The molecule has 0 fully saturated rings. The van der Waals surface area contributed by atoms with Crippen molar-refractivity contribution in [3.8, 4) is 11.5 Å². The summed E-state index contributed by atoms with van der Waals surface area (Å²) in [7, 11) is 2.98. The highest BCUT2D eigenvalue weighted by atomic mass is 16.6. The Morgan fingerprint density at radius 1 is 0.762 bits per heavy atom. The van der Waals surface area contributed by atoms with Crippen molar-refractivity contribution in [2.45, 2.75) is 53.9 Å². The molecule has 0 saturated carbocycles. The fourth-order valence-corrected chi connectivity index (χ4v) is 4.58. The number of hydrogen-bond donors (Lipinski definition) is 3. The predicted octanol–water partition coefficient (Wildman–Crippen LogP) is 3.04. The van der Waals surface area contributed by atoms with Gasteiger partial charge in [-0.25, -0.2) is 5.48 Å². The van der Waals surface area contributed by atoms with Crippen molar-refractivity contribution in [1.82, 2.24) is 5.48 Å². The minimum Gasteiger partial charge on any atom is -0.507 e. The molecule has 13 nitrogen and oxygen atoms in total. The first kappa shape index (κ1) is 36.6. The van der Waals surface area contributed by atoms with E-state index >= 15 is 0 Å². The maximum Gasteiger partial charge on any atom is 0.311 e. The van der Waals surface area contributed by atoms with Gasteiger partial charge in [0.25, 0.3) is 5.91 Å². The van der Waals surface area contributed by atoms with Crippen LogP contribution in [0.1, 0.15) is 64.2 Å². The minimum atomic E-state index is -1.27. The molecule has 1 rings (SSSR count). The number of benzene rings is 1. The lowest BCUT2D eigenvalue weighted by atomic mass is 9.65. The standard InChI is InChI=1S/C29H45NO12/c1-8-28(4,25(34)41-13-11-37-6)19-29(5,26(35)42-14-12-38-7)18-27(2,3)24(33)40-16-15-39-20-9-10-21(22(31)17-20)23(32)30-36/h9-10,17,31,36H,8,11-16,18-19H2,1-7H3,(H,30,32). The largest absolute Gasteiger partial charge is 0.507 e. The van der Waals surface area contributed by atoms with Crippen LogP contribution >= 0.6 is 0 Å². The summed E-state index contributed by atoms with van der Waals surface area (Å²) in [5.74, 6) is -2.74. The monoisotopic (exact) mass is 599 g/mol. The molecule has 2 atom stereocenters. The van der Waals surface area contributed by atoms with E-state index in [1.54, 1.807) is 27.7 Å². The molecular formula is C29H45NO12. The number of amides is 1. The molecule has 3 N–H and O–H groups in total. The SMILES string of the molecule is CCC(C)(CC(C)(CC(C)(C)C(=O)OCCOc1ccc(C(=O)NO)c(O)c1)C(=O)OCCOC)C(=O)OCCOC. The maximum atomic E-state index is 13.4. The number of ether oxygens (including phenoxy) is 6. The van der Waals surface area contributed by atoms with E-state index in [0.29, 0.717) is 6.42 Å². The smallest absolute Gasteiger partial charge is 0.311 e. The average Bonchev–Trinajstić information content (AvgIpc) is 2.94. The summed E-state index contributed by atoms with van der Waals surface area (Å²) in [6.07, 6.45) is 0.444. The van der Waals surface area contributed by atoms with E-state index in [1.165, 1.54) is 37.9 Å². The van der Waals surface area contributed by atoms with Crippen molar-refractivity contribution >= 4 is 23.8 Å². The molecule has 42 heavy (non-hydrogen) atoms. The molecule has 1 amide bonds. The summed E-state index contributed by atoms with van der Waals surface area (Å²) in [6.45, 7) is 8.76. The molecule has 13 heteroatoms. The fourth-order valence-electron chi connectivity index (χ4n) is 4.58. The first-order chi connectivity index (χ1) is 19.7. The third kappa shape index (κ3) is 10.8. The van der Waals surface area contributed by atoms with Crippen molar-refractivity contribution in [1.29, 1.82) is 0 Å². The first-order valence-corrected chi connectivity index (χ1v) is 13.6.